The second kappa shape index (κ2) is 6.35. The summed E-state index contributed by atoms with van der Waals surface area (Å²) in [4.78, 5) is 32.0. The predicted molar refractivity (Wildman–Crippen MR) is 107 cm³/mol. The molecule has 1 aliphatic carbocycles. The fourth-order valence-electron chi connectivity index (χ4n) is 3.40. The summed E-state index contributed by atoms with van der Waals surface area (Å²) in [5.41, 5.74) is 4.06. The van der Waals surface area contributed by atoms with Crippen molar-refractivity contribution in [3.8, 4) is 0 Å². The first-order valence-electron chi connectivity index (χ1n) is 8.85. The number of carbonyl (C=O) groups is 1. The van der Waals surface area contributed by atoms with Gasteiger partial charge in [0, 0.05) is 11.8 Å². The summed E-state index contributed by atoms with van der Waals surface area (Å²) in [6.45, 7) is 0. The molecule has 0 saturated heterocycles. The molecule has 0 aliphatic heterocycles. The summed E-state index contributed by atoms with van der Waals surface area (Å²) >= 11 is 0. The van der Waals surface area contributed by atoms with Crippen LogP contribution in [0.15, 0.2) is 70.0 Å². The van der Waals surface area contributed by atoms with Crippen molar-refractivity contribution in [2.75, 3.05) is 5.32 Å². The van der Waals surface area contributed by atoms with E-state index in [1.54, 1.807) is 24.4 Å². The number of aromatic nitrogens is 2. The Morgan fingerprint density at radius 2 is 1.93 bits per heavy atom. The van der Waals surface area contributed by atoms with Gasteiger partial charge in [0.25, 0.3) is 5.91 Å². The number of H-pyrrole nitrogens is 1. The number of nitrogens with zero attached hydrogens (tertiary/aromatic N) is 1. The number of hydrogen-bond donors (Lipinski definition) is 2. The zero-order chi connectivity index (χ0) is 19.1. The Balaban J connectivity index is 1.39. The molecule has 2 aromatic heterocycles. The van der Waals surface area contributed by atoms with Crippen molar-refractivity contribution in [3.63, 3.8) is 0 Å². The van der Waals surface area contributed by atoms with Crippen LogP contribution in [0.2, 0.25) is 0 Å². The van der Waals surface area contributed by atoms with Crippen LogP contribution in [-0.2, 0) is 6.42 Å². The second-order valence-corrected chi connectivity index (χ2v) is 6.63. The molecule has 28 heavy (non-hydrogen) atoms. The molecule has 0 spiro atoms. The van der Waals surface area contributed by atoms with Crippen molar-refractivity contribution in [2.24, 2.45) is 0 Å². The molecule has 2 aromatic carbocycles. The Hall–Kier alpha value is -3.93. The minimum atomic E-state index is -0.683. The van der Waals surface area contributed by atoms with E-state index in [9.17, 15) is 9.59 Å². The Bertz CT molecular complexity index is 1310. The molecule has 0 fully saturated rings. The normalized spacial score (nSPS) is 12.6. The predicted octanol–water partition coefficient (Wildman–Crippen LogP) is 3.87. The van der Waals surface area contributed by atoms with Crippen LogP contribution < -0.4 is 10.9 Å². The van der Waals surface area contributed by atoms with Gasteiger partial charge in [0.2, 0.25) is 5.95 Å². The van der Waals surface area contributed by atoms with E-state index in [-0.39, 0.29) is 11.5 Å². The van der Waals surface area contributed by atoms with Crippen molar-refractivity contribution in [3.05, 3.63) is 93.6 Å². The van der Waals surface area contributed by atoms with Crippen molar-refractivity contribution in [1.82, 2.24) is 9.97 Å². The average molecular weight is 369 g/mol. The van der Waals surface area contributed by atoms with Crippen LogP contribution in [0.5, 0.6) is 0 Å². The van der Waals surface area contributed by atoms with Gasteiger partial charge in [0.1, 0.15) is 11.1 Å². The minimum Gasteiger partial charge on any atom is -0.422 e. The molecule has 0 radical (unpaired) electrons. The number of para-hydroxylation sites is 1. The highest BCUT2D eigenvalue weighted by Crippen LogP contribution is 2.30. The number of rotatable bonds is 3. The van der Waals surface area contributed by atoms with Gasteiger partial charge in [0.05, 0.1) is 11.9 Å². The monoisotopic (exact) mass is 369 g/mol. The van der Waals surface area contributed by atoms with E-state index in [1.165, 1.54) is 17.2 Å². The van der Waals surface area contributed by atoms with Gasteiger partial charge in [-0.2, -0.15) is 0 Å². The molecule has 2 heterocycles. The van der Waals surface area contributed by atoms with E-state index in [2.05, 4.69) is 33.5 Å². The van der Waals surface area contributed by atoms with Crippen molar-refractivity contribution < 1.29 is 9.21 Å². The Morgan fingerprint density at radius 3 is 2.82 bits per heavy atom. The molecule has 6 nitrogen and oxygen atoms in total. The number of aromatic amines is 1. The molecule has 0 bridgehead atoms. The standard InChI is InChI=1S/C22H15N3O3/c26-20(17-11-15-7-3-4-8-19(15)28-21(17)27)25-22-23-12-18(24-22)16-9-13-5-1-2-6-14(13)10-16/h1-9,11-12H,10H2,(H2,23,24,25,26). The summed E-state index contributed by atoms with van der Waals surface area (Å²) in [5, 5.41) is 3.32. The van der Waals surface area contributed by atoms with Crippen LogP contribution in [-0.4, -0.2) is 15.9 Å². The first kappa shape index (κ1) is 16.3. The van der Waals surface area contributed by atoms with E-state index in [4.69, 9.17) is 4.42 Å². The number of anilines is 1. The number of carbonyl (C=O) groups excluding carboxylic acids is 1. The molecule has 6 heteroatoms. The lowest BCUT2D eigenvalue weighted by atomic mass is 10.1. The number of imidazole rings is 1. The molecule has 0 atom stereocenters. The highest BCUT2D eigenvalue weighted by atomic mass is 16.4. The number of fused-ring (bicyclic) bond motifs is 2. The number of benzene rings is 2. The zero-order valence-electron chi connectivity index (χ0n) is 14.7. The van der Waals surface area contributed by atoms with Gasteiger partial charge in [0.15, 0.2) is 0 Å². The lowest BCUT2D eigenvalue weighted by molar-refractivity contribution is 0.102. The lowest BCUT2D eigenvalue weighted by Crippen LogP contribution is -2.21. The van der Waals surface area contributed by atoms with Gasteiger partial charge in [-0.15, -0.1) is 0 Å². The van der Waals surface area contributed by atoms with Gasteiger partial charge in [-0.3, -0.25) is 10.1 Å². The van der Waals surface area contributed by atoms with Crippen LogP contribution in [0, 0.1) is 0 Å². The first-order valence-corrected chi connectivity index (χ1v) is 8.85. The molecule has 136 valence electrons. The summed E-state index contributed by atoms with van der Waals surface area (Å²) in [6, 6.07) is 16.8. The Labute approximate surface area is 159 Å². The van der Waals surface area contributed by atoms with Crippen molar-refractivity contribution in [1.29, 1.82) is 0 Å². The molecular weight excluding hydrogens is 354 g/mol. The maximum absolute atomic E-state index is 12.5. The summed E-state index contributed by atoms with van der Waals surface area (Å²) in [7, 11) is 0. The quantitative estimate of drug-likeness (QED) is 0.537. The molecule has 1 aliphatic rings. The molecule has 1 amide bonds. The van der Waals surface area contributed by atoms with Crippen LogP contribution in [0.3, 0.4) is 0 Å². The van der Waals surface area contributed by atoms with Crippen LogP contribution in [0.4, 0.5) is 5.95 Å². The van der Waals surface area contributed by atoms with E-state index in [0.717, 1.165) is 17.7 Å². The summed E-state index contributed by atoms with van der Waals surface area (Å²) in [6.07, 6.45) is 4.59. The van der Waals surface area contributed by atoms with Gasteiger partial charge in [-0.25, -0.2) is 9.78 Å². The third kappa shape index (κ3) is 2.81. The molecule has 0 unspecified atom stereocenters. The molecule has 5 rings (SSSR count). The molecule has 0 saturated carbocycles. The van der Waals surface area contributed by atoms with Gasteiger partial charge >= 0.3 is 5.63 Å². The van der Waals surface area contributed by atoms with E-state index >= 15 is 0 Å². The Kier molecular flexibility index (Phi) is 3.69. The zero-order valence-corrected chi connectivity index (χ0v) is 14.7. The summed E-state index contributed by atoms with van der Waals surface area (Å²) < 4.78 is 5.22. The number of amides is 1. The molecular formula is C22H15N3O3. The number of allylic oxidation sites excluding steroid dienone is 1. The second-order valence-electron chi connectivity index (χ2n) is 6.63. The maximum Gasteiger partial charge on any atom is 0.349 e. The van der Waals surface area contributed by atoms with E-state index in [1.807, 2.05) is 18.2 Å². The van der Waals surface area contributed by atoms with Gasteiger partial charge in [-0.05, 0) is 34.9 Å². The number of hydrogen-bond acceptors (Lipinski definition) is 4. The van der Waals surface area contributed by atoms with Crippen LogP contribution >= 0.6 is 0 Å². The lowest BCUT2D eigenvalue weighted by Gasteiger charge is -2.03. The SMILES string of the molecule is O=C(Nc1ncc(C2=Cc3ccccc3C2)[nH]1)c1cc2ccccc2oc1=O. The fourth-order valence-corrected chi connectivity index (χ4v) is 3.40. The van der Waals surface area contributed by atoms with Crippen LogP contribution in [0.1, 0.15) is 27.2 Å². The molecule has 2 N–H and O–H groups in total. The van der Waals surface area contributed by atoms with Crippen molar-refractivity contribution >= 4 is 34.5 Å². The molecule has 4 aromatic rings. The summed E-state index contributed by atoms with van der Waals surface area (Å²) in [5.74, 6) is -0.284. The fraction of sp³-hybridized carbons (Fsp3) is 0.0455. The third-order valence-corrected chi connectivity index (χ3v) is 4.81. The highest BCUT2D eigenvalue weighted by Gasteiger charge is 2.18. The largest absolute Gasteiger partial charge is 0.422 e. The van der Waals surface area contributed by atoms with E-state index < -0.39 is 11.5 Å². The maximum atomic E-state index is 12.5. The van der Waals surface area contributed by atoms with E-state index in [0.29, 0.717) is 11.0 Å². The van der Waals surface area contributed by atoms with Gasteiger partial charge in [-0.1, -0.05) is 42.5 Å². The highest BCUT2D eigenvalue weighted by molar-refractivity contribution is 6.04. The first-order chi connectivity index (χ1) is 13.7. The smallest absolute Gasteiger partial charge is 0.349 e. The average Bonchev–Trinajstić information content (AvgIpc) is 3.34. The van der Waals surface area contributed by atoms with Crippen LogP contribution in [0.25, 0.3) is 22.6 Å². The number of nitrogens with one attached hydrogen (secondary N) is 2. The Morgan fingerprint density at radius 1 is 1.11 bits per heavy atom. The third-order valence-electron chi connectivity index (χ3n) is 4.81. The van der Waals surface area contributed by atoms with Gasteiger partial charge < -0.3 is 9.40 Å². The van der Waals surface area contributed by atoms with Crippen molar-refractivity contribution in [2.45, 2.75) is 6.42 Å². The topological polar surface area (TPSA) is 88.0 Å². The minimum absolute atomic E-state index is 0.0656.